The number of halogens is 4. The number of carbonyl (C=O) groups is 1. The molecule has 196 valence electrons. The summed E-state index contributed by atoms with van der Waals surface area (Å²) < 4.78 is 70.3. The molecule has 0 spiro atoms. The quantitative estimate of drug-likeness (QED) is 0.581. The molecule has 1 aliphatic heterocycles. The fraction of sp³-hybridized carbons (Fsp3) is 0.458. The van der Waals surface area contributed by atoms with Gasteiger partial charge in [-0.1, -0.05) is 29.8 Å². The molecular formula is C24H26ClF3N2O5S. The zero-order valence-corrected chi connectivity index (χ0v) is 21.2. The molecule has 1 fully saturated rings. The number of ether oxygens (including phenoxy) is 1. The molecular weight excluding hydrogens is 521 g/mol. The molecule has 0 amide bonds. The van der Waals surface area contributed by atoms with Crippen LogP contribution < -0.4 is 4.74 Å². The second-order valence-corrected chi connectivity index (χ2v) is 11.6. The zero-order chi connectivity index (χ0) is 26.4. The van der Waals surface area contributed by atoms with Crippen LogP contribution in [0, 0.1) is 5.92 Å². The number of hydrogen-bond acceptors (Lipinski definition) is 5. The fourth-order valence-electron chi connectivity index (χ4n) is 5.28. The van der Waals surface area contributed by atoms with Gasteiger partial charge in [0.05, 0.1) is 15.8 Å². The maximum atomic E-state index is 13.7. The molecule has 1 aliphatic carbocycles. The first-order valence-corrected chi connectivity index (χ1v) is 13.2. The minimum atomic E-state index is -4.84. The molecule has 2 aromatic carbocycles. The van der Waals surface area contributed by atoms with Crippen molar-refractivity contribution in [2.45, 2.75) is 56.6 Å². The molecule has 12 heteroatoms. The van der Waals surface area contributed by atoms with E-state index in [0.717, 1.165) is 5.56 Å². The lowest BCUT2D eigenvalue weighted by Crippen LogP contribution is -2.58. The molecule has 4 rings (SSSR count). The third kappa shape index (κ3) is 5.49. The number of carboxylic acids is 1. The molecule has 2 aliphatic rings. The van der Waals surface area contributed by atoms with Crippen molar-refractivity contribution >= 4 is 27.6 Å². The Bertz CT molecular complexity index is 1260. The molecule has 0 aromatic heterocycles. The zero-order valence-electron chi connectivity index (χ0n) is 19.6. The second-order valence-electron chi connectivity index (χ2n) is 9.38. The molecule has 2 aromatic rings. The maximum Gasteiger partial charge on any atom is 0.573 e. The minimum absolute atomic E-state index is 0.155. The fourth-order valence-corrected chi connectivity index (χ4v) is 7.60. The van der Waals surface area contributed by atoms with Gasteiger partial charge in [0, 0.05) is 31.7 Å². The first-order chi connectivity index (χ1) is 16.8. The van der Waals surface area contributed by atoms with Crippen LogP contribution >= 0.6 is 11.6 Å². The van der Waals surface area contributed by atoms with Gasteiger partial charge in [0.1, 0.15) is 5.75 Å². The van der Waals surface area contributed by atoms with Crippen LogP contribution in [0.3, 0.4) is 0 Å². The van der Waals surface area contributed by atoms with E-state index in [1.165, 1.54) is 28.6 Å². The lowest BCUT2D eigenvalue weighted by atomic mass is 10.1. The van der Waals surface area contributed by atoms with Crippen LogP contribution in [0.2, 0.25) is 5.02 Å². The minimum Gasteiger partial charge on any atom is -0.481 e. The van der Waals surface area contributed by atoms with Gasteiger partial charge >= 0.3 is 12.3 Å². The van der Waals surface area contributed by atoms with Crippen LogP contribution in [-0.2, 0) is 34.2 Å². The Kier molecular flexibility index (Phi) is 7.31. The third-order valence-electron chi connectivity index (χ3n) is 6.59. The Morgan fingerprint density at radius 2 is 1.81 bits per heavy atom. The Hall–Kier alpha value is -2.34. The van der Waals surface area contributed by atoms with Crippen LogP contribution in [0.15, 0.2) is 41.3 Å². The van der Waals surface area contributed by atoms with Gasteiger partial charge in [-0.3, -0.25) is 9.69 Å². The van der Waals surface area contributed by atoms with Gasteiger partial charge in [0.2, 0.25) is 10.0 Å². The van der Waals surface area contributed by atoms with E-state index in [1.54, 1.807) is 26.0 Å². The SMILES string of the molecule is C[C@@H]1CN(Cc2ccc(OC(F)(F)F)c(Cl)c2)C[C@H](C)N1S(=O)(=O)c1cccc2c1CC(C(=O)O)C2. The van der Waals surface area contributed by atoms with Crippen LogP contribution in [0.4, 0.5) is 13.2 Å². The average molecular weight is 547 g/mol. The lowest BCUT2D eigenvalue weighted by molar-refractivity contribution is -0.274. The monoisotopic (exact) mass is 546 g/mol. The predicted octanol–water partition coefficient (Wildman–Crippen LogP) is 4.32. The lowest BCUT2D eigenvalue weighted by Gasteiger charge is -2.43. The van der Waals surface area contributed by atoms with E-state index in [1.807, 2.05) is 4.90 Å². The van der Waals surface area contributed by atoms with Gasteiger partial charge in [-0.05, 0) is 61.6 Å². The smallest absolute Gasteiger partial charge is 0.481 e. The molecule has 36 heavy (non-hydrogen) atoms. The van der Waals surface area contributed by atoms with Crippen molar-refractivity contribution in [2.75, 3.05) is 13.1 Å². The summed E-state index contributed by atoms with van der Waals surface area (Å²) in [6.45, 7) is 4.77. The molecule has 3 atom stereocenters. The summed E-state index contributed by atoms with van der Waals surface area (Å²) in [7, 11) is -3.89. The first-order valence-electron chi connectivity index (χ1n) is 11.4. The maximum absolute atomic E-state index is 13.7. The highest BCUT2D eigenvalue weighted by molar-refractivity contribution is 7.89. The number of sulfonamides is 1. The van der Waals surface area contributed by atoms with Gasteiger partial charge in [0.25, 0.3) is 0 Å². The molecule has 0 saturated carbocycles. The van der Waals surface area contributed by atoms with Gasteiger partial charge < -0.3 is 9.84 Å². The van der Waals surface area contributed by atoms with Gasteiger partial charge in [-0.2, -0.15) is 4.31 Å². The number of alkyl halides is 3. The van der Waals surface area contributed by atoms with E-state index in [9.17, 15) is 31.5 Å². The standard InChI is InChI=1S/C24H26ClF3N2O5S/c1-14-11-29(13-16-6-7-21(20(25)8-16)35-24(26,27)28)12-15(2)30(14)36(33,34)22-5-3-4-17-9-18(23(31)32)10-19(17)22/h3-8,14-15,18H,9-13H2,1-2H3,(H,31,32)/t14-,15+,18?. The Morgan fingerprint density at radius 3 is 2.39 bits per heavy atom. The number of benzene rings is 2. The Labute approximate surface area is 212 Å². The van der Waals surface area contributed by atoms with E-state index in [4.69, 9.17) is 11.6 Å². The normalized spacial score (nSPS) is 23.4. The van der Waals surface area contributed by atoms with Crippen LogP contribution in [0.1, 0.15) is 30.5 Å². The number of piperazine rings is 1. The summed E-state index contributed by atoms with van der Waals surface area (Å²) in [5, 5.41) is 9.25. The van der Waals surface area contributed by atoms with Gasteiger partial charge in [-0.15, -0.1) is 13.2 Å². The molecule has 1 saturated heterocycles. The predicted molar refractivity (Wildman–Crippen MR) is 126 cm³/mol. The van der Waals surface area contributed by atoms with E-state index in [-0.39, 0.29) is 16.3 Å². The summed E-state index contributed by atoms with van der Waals surface area (Å²) in [4.78, 5) is 13.7. The van der Waals surface area contributed by atoms with Crippen molar-refractivity contribution in [1.82, 2.24) is 9.21 Å². The second kappa shape index (κ2) is 9.85. The largest absolute Gasteiger partial charge is 0.573 e. The van der Waals surface area contributed by atoms with Crippen molar-refractivity contribution < 1.29 is 36.2 Å². The summed E-state index contributed by atoms with van der Waals surface area (Å²) >= 11 is 5.97. The highest BCUT2D eigenvalue weighted by Crippen LogP contribution is 2.36. The summed E-state index contributed by atoms with van der Waals surface area (Å²) in [6.07, 6.45) is -4.36. The van der Waals surface area contributed by atoms with Crippen molar-refractivity contribution in [3.8, 4) is 5.75 Å². The number of rotatable bonds is 6. The summed E-state index contributed by atoms with van der Waals surface area (Å²) in [5.74, 6) is -2.06. The number of nitrogens with zero attached hydrogens (tertiary/aromatic N) is 2. The van der Waals surface area contributed by atoms with Crippen LogP contribution in [0.5, 0.6) is 5.75 Å². The summed E-state index contributed by atoms with van der Waals surface area (Å²) in [5.41, 5.74) is 1.99. The van der Waals surface area contributed by atoms with Gasteiger partial charge in [0.15, 0.2) is 0 Å². The van der Waals surface area contributed by atoms with Crippen molar-refractivity contribution in [2.24, 2.45) is 5.92 Å². The Balaban J connectivity index is 1.50. The van der Waals surface area contributed by atoms with E-state index < -0.39 is 46.1 Å². The third-order valence-corrected chi connectivity index (χ3v) is 9.10. The van der Waals surface area contributed by atoms with Crippen LogP contribution in [-0.4, -0.2) is 60.2 Å². The number of carboxylic acid groups (broad SMARTS) is 1. The van der Waals surface area contributed by atoms with E-state index >= 15 is 0 Å². The topological polar surface area (TPSA) is 87.2 Å². The molecule has 1 heterocycles. The number of aliphatic carboxylic acids is 1. The number of hydrogen-bond donors (Lipinski definition) is 1. The van der Waals surface area contributed by atoms with Crippen LogP contribution in [0.25, 0.3) is 0 Å². The summed E-state index contributed by atoms with van der Waals surface area (Å²) in [6, 6.07) is 8.25. The average Bonchev–Trinajstić information content (AvgIpc) is 3.19. The van der Waals surface area contributed by atoms with Gasteiger partial charge in [-0.25, -0.2) is 8.42 Å². The first kappa shape index (κ1) is 26.7. The van der Waals surface area contributed by atoms with Crippen molar-refractivity contribution in [3.63, 3.8) is 0 Å². The van der Waals surface area contributed by atoms with E-state index in [2.05, 4.69) is 4.74 Å². The highest BCUT2D eigenvalue weighted by atomic mass is 35.5. The number of fused-ring (bicyclic) bond motifs is 1. The molecule has 0 radical (unpaired) electrons. The molecule has 1 N–H and O–H groups in total. The molecule has 0 bridgehead atoms. The van der Waals surface area contributed by atoms with E-state index in [0.29, 0.717) is 37.2 Å². The molecule has 1 unspecified atom stereocenters. The van der Waals surface area contributed by atoms with Crippen molar-refractivity contribution in [1.29, 1.82) is 0 Å². The Morgan fingerprint density at radius 1 is 1.14 bits per heavy atom. The highest BCUT2D eigenvalue weighted by Gasteiger charge is 2.41. The molecule has 7 nitrogen and oxygen atoms in total. The van der Waals surface area contributed by atoms with Crippen molar-refractivity contribution in [3.05, 3.63) is 58.1 Å².